The molecule has 1 saturated heterocycles. The molecule has 118 valence electrons. The molecule has 0 aromatic heterocycles. The quantitative estimate of drug-likeness (QED) is 0.817. The molecule has 1 aliphatic heterocycles. The second-order valence-electron chi connectivity index (χ2n) is 5.40. The number of nitrogens with zero attached hydrogens (tertiary/aromatic N) is 2. The first kappa shape index (κ1) is 16.6. The second kappa shape index (κ2) is 8.59. The Morgan fingerprint density at radius 2 is 2.05 bits per heavy atom. The van der Waals surface area contributed by atoms with Crippen LogP contribution in [0.3, 0.4) is 0 Å². The molecule has 0 spiro atoms. The fraction of sp³-hybridized carbons (Fsp3) is 0.625. The molecule has 1 aromatic carbocycles. The molecule has 0 radical (unpaired) electrons. The summed E-state index contributed by atoms with van der Waals surface area (Å²) in [5.74, 6) is 0. The van der Waals surface area contributed by atoms with Gasteiger partial charge in [-0.2, -0.15) is 0 Å². The molecule has 0 amide bonds. The van der Waals surface area contributed by atoms with Crippen LogP contribution < -0.4 is 4.90 Å². The highest BCUT2D eigenvalue weighted by Crippen LogP contribution is 2.27. The van der Waals surface area contributed by atoms with Gasteiger partial charge in [-0.25, -0.2) is 0 Å². The van der Waals surface area contributed by atoms with Gasteiger partial charge >= 0.3 is 0 Å². The Morgan fingerprint density at radius 1 is 1.19 bits per heavy atom. The van der Waals surface area contributed by atoms with Crippen molar-refractivity contribution in [3.63, 3.8) is 0 Å². The van der Waals surface area contributed by atoms with Crippen LogP contribution in [0.2, 0.25) is 5.02 Å². The molecule has 5 heteroatoms. The van der Waals surface area contributed by atoms with E-state index >= 15 is 0 Å². The van der Waals surface area contributed by atoms with Crippen LogP contribution in [0.15, 0.2) is 18.2 Å². The highest BCUT2D eigenvalue weighted by Gasteiger charge is 2.16. The Morgan fingerprint density at radius 3 is 2.86 bits per heavy atom. The predicted molar refractivity (Wildman–Crippen MR) is 87.4 cm³/mol. The highest BCUT2D eigenvalue weighted by atomic mass is 35.5. The molecule has 0 unspecified atom stereocenters. The van der Waals surface area contributed by atoms with E-state index in [0.29, 0.717) is 13.2 Å². The van der Waals surface area contributed by atoms with Gasteiger partial charge in [0.2, 0.25) is 0 Å². The first-order chi connectivity index (χ1) is 10.2. The lowest BCUT2D eigenvalue weighted by molar-refractivity contribution is 0.0750. The van der Waals surface area contributed by atoms with Crippen molar-refractivity contribution >= 4 is 17.3 Å². The summed E-state index contributed by atoms with van der Waals surface area (Å²) in [5.41, 5.74) is 2.42. The van der Waals surface area contributed by atoms with Crippen molar-refractivity contribution in [2.45, 2.75) is 13.3 Å². The molecule has 0 atom stereocenters. The number of hydrogen-bond acceptors (Lipinski definition) is 4. The fourth-order valence-electron chi connectivity index (χ4n) is 2.73. The summed E-state index contributed by atoms with van der Waals surface area (Å²) in [5, 5.41) is 9.54. The van der Waals surface area contributed by atoms with E-state index in [9.17, 15) is 0 Å². The summed E-state index contributed by atoms with van der Waals surface area (Å²) >= 11 is 6.23. The maximum absolute atomic E-state index is 8.70. The maximum atomic E-state index is 8.70. The lowest BCUT2D eigenvalue weighted by Gasteiger charge is -2.25. The summed E-state index contributed by atoms with van der Waals surface area (Å²) in [6.07, 6.45) is 1.14. The highest BCUT2D eigenvalue weighted by molar-refractivity contribution is 6.31. The van der Waals surface area contributed by atoms with Crippen molar-refractivity contribution in [3.05, 3.63) is 28.8 Å². The maximum Gasteiger partial charge on any atom is 0.0698 e. The van der Waals surface area contributed by atoms with Gasteiger partial charge in [0, 0.05) is 36.9 Å². The van der Waals surface area contributed by atoms with E-state index in [2.05, 4.69) is 22.8 Å². The van der Waals surface area contributed by atoms with Crippen LogP contribution in [-0.2, 0) is 4.74 Å². The molecular formula is C16H25ClN2O2. The smallest absolute Gasteiger partial charge is 0.0698 e. The van der Waals surface area contributed by atoms with Crippen LogP contribution in [0.1, 0.15) is 12.0 Å². The van der Waals surface area contributed by atoms with Crippen LogP contribution in [0.4, 0.5) is 5.69 Å². The standard InChI is InChI=1S/C16H25ClN2O2/c1-14-15(17)4-2-5-16(14)19-7-3-6-18(8-9-19)10-12-21-13-11-20/h2,4-5,20H,3,6-13H2,1H3. The number of hydrogen-bond donors (Lipinski definition) is 1. The van der Waals surface area contributed by atoms with Crippen LogP contribution >= 0.6 is 11.6 Å². The number of halogens is 1. The first-order valence-electron chi connectivity index (χ1n) is 7.63. The van der Waals surface area contributed by atoms with Crippen LogP contribution in [0.5, 0.6) is 0 Å². The van der Waals surface area contributed by atoms with Crippen molar-refractivity contribution in [2.75, 3.05) is 57.4 Å². The normalized spacial score (nSPS) is 17.0. The summed E-state index contributed by atoms with van der Waals surface area (Å²) in [6.45, 7) is 8.45. The lowest BCUT2D eigenvalue weighted by Crippen LogP contribution is -2.33. The summed E-state index contributed by atoms with van der Waals surface area (Å²) in [7, 11) is 0. The molecule has 1 N–H and O–H groups in total. The van der Waals surface area contributed by atoms with E-state index < -0.39 is 0 Å². The molecule has 1 heterocycles. The average molecular weight is 313 g/mol. The van der Waals surface area contributed by atoms with Gasteiger partial charge in [-0.05, 0) is 37.6 Å². The van der Waals surface area contributed by atoms with E-state index in [-0.39, 0.29) is 6.61 Å². The summed E-state index contributed by atoms with van der Waals surface area (Å²) in [6, 6.07) is 6.13. The van der Waals surface area contributed by atoms with Gasteiger partial charge in [0.1, 0.15) is 0 Å². The van der Waals surface area contributed by atoms with E-state index in [1.807, 2.05) is 12.1 Å². The minimum atomic E-state index is 0.0990. The zero-order valence-corrected chi connectivity index (χ0v) is 13.5. The van der Waals surface area contributed by atoms with Crippen molar-refractivity contribution in [1.82, 2.24) is 4.90 Å². The van der Waals surface area contributed by atoms with E-state index in [0.717, 1.165) is 44.2 Å². The van der Waals surface area contributed by atoms with E-state index in [1.54, 1.807) is 0 Å². The lowest BCUT2D eigenvalue weighted by atomic mass is 10.1. The Labute approximate surface area is 132 Å². The first-order valence-corrected chi connectivity index (χ1v) is 8.01. The van der Waals surface area contributed by atoms with Gasteiger partial charge in [0.15, 0.2) is 0 Å². The zero-order valence-electron chi connectivity index (χ0n) is 12.7. The predicted octanol–water partition coefficient (Wildman–Crippen LogP) is 2.17. The van der Waals surface area contributed by atoms with E-state index in [4.69, 9.17) is 21.4 Å². The third kappa shape index (κ3) is 4.85. The number of benzene rings is 1. The largest absolute Gasteiger partial charge is 0.394 e. The summed E-state index contributed by atoms with van der Waals surface area (Å²) in [4.78, 5) is 4.85. The second-order valence-corrected chi connectivity index (χ2v) is 5.81. The third-order valence-corrected chi connectivity index (χ3v) is 4.37. The molecule has 0 aliphatic carbocycles. The fourth-order valence-corrected chi connectivity index (χ4v) is 2.90. The van der Waals surface area contributed by atoms with E-state index in [1.165, 1.54) is 11.3 Å². The number of rotatable bonds is 6. The van der Waals surface area contributed by atoms with Crippen molar-refractivity contribution in [2.24, 2.45) is 0 Å². The van der Waals surface area contributed by atoms with Gasteiger partial charge in [-0.15, -0.1) is 0 Å². The molecule has 0 saturated carbocycles. The molecule has 1 aliphatic rings. The Hall–Kier alpha value is -0.810. The number of aliphatic hydroxyl groups is 1. The molecule has 1 aromatic rings. The molecule has 21 heavy (non-hydrogen) atoms. The topological polar surface area (TPSA) is 35.9 Å². The molecule has 4 nitrogen and oxygen atoms in total. The van der Waals surface area contributed by atoms with Crippen molar-refractivity contribution in [1.29, 1.82) is 0 Å². The van der Waals surface area contributed by atoms with Crippen LogP contribution in [0, 0.1) is 6.92 Å². The monoisotopic (exact) mass is 312 g/mol. The van der Waals surface area contributed by atoms with Gasteiger partial charge in [0.25, 0.3) is 0 Å². The number of aliphatic hydroxyl groups excluding tert-OH is 1. The Kier molecular flexibility index (Phi) is 6.77. The molecule has 1 fully saturated rings. The van der Waals surface area contributed by atoms with Crippen LogP contribution in [0.25, 0.3) is 0 Å². The van der Waals surface area contributed by atoms with Crippen molar-refractivity contribution < 1.29 is 9.84 Å². The minimum Gasteiger partial charge on any atom is -0.394 e. The van der Waals surface area contributed by atoms with Crippen molar-refractivity contribution in [3.8, 4) is 0 Å². The third-order valence-electron chi connectivity index (χ3n) is 3.96. The summed E-state index contributed by atoms with van der Waals surface area (Å²) < 4.78 is 5.35. The number of ether oxygens (including phenoxy) is 1. The van der Waals surface area contributed by atoms with Gasteiger partial charge in [-0.1, -0.05) is 17.7 Å². The van der Waals surface area contributed by atoms with Gasteiger partial charge in [-0.3, -0.25) is 4.90 Å². The number of anilines is 1. The molecular weight excluding hydrogens is 288 g/mol. The molecule has 0 bridgehead atoms. The van der Waals surface area contributed by atoms with Gasteiger partial charge < -0.3 is 14.7 Å². The molecule has 2 rings (SSSR count). The van der Waals surface area contributed by atoms with Gasteiger partial charge in [0.05, 0.1) is 19.8 Å². The Bertz CT molecular complexity index is 442. The minimum absolute atomic E-state index is 0.0990. The average Bonchev–Trinajstić information content (AvgIpc) is 2.72. The SMILES string of the molecule is Cc1c(Cl)cccc1N1CCCN(CCOCCO)CC1. The zero-order chi connectivity index (χ0) is 15.1. The Balaban J connectivity index is 1.87. The van der Waals surface area contributed by atoms with Crippen LogP contribution in [-0.4, -0.2) is 62.6 Å².